The fourth-order valence-corrected chi connectivity index (χ4v) is 3.84. The van der Waals surface area contributed by atoms with Crippen molar-refractivity contribution in [2.75, 3.05) is 0 Å². The summed E-state index contributed by atoms with van der Waals surface area (Å²) in [6.45, 7) is 6.83. The van der Waals surface area contributed by atoms with Crippen LogP contribution in [0.1, 0.15) is 59.3 Å². The van der Waals surface area contributed by atoms with E-state index in [1.165, 1.54) is 52.3 Å². The number of rotatable bonds is 6. The lowest BCUT2D eigenvalue weighted by molar-refractivity contribution is 0.866. The second-order valence-corrected chi connectivity index (χ2v) is 5.84. The van der Waals surface area contributed by atoms with E-state index in [-0.39, 0.29) is 0 Å². The number of fused-ring (bicyclic) bond motifs is 1. The Morgan fingerprint density at radius 3 is 2.35 bits per heavy atom. The normalized spacial score (nSPS) is 19.1. The summed E-state index contributed by atoms with van der Waals surface area (Å²) in [5.74, 6) is 3.55. The zero-order chi connectivity index (χ0) is 12.3. The second-order valence-electron chi connectivity index (χ2n) is 4.86. The molecule has 0 atom stereocenters. The number of allylic oxidation sites excluding steroid dienone is 6. The van der Waals surface area contributed by atoms with E-state index in [0.29, 0.717) is 0 Å². The topological polar surface area (TPSA) is 0 Å². The first kappa shape index (κ1) is 12.8. The first-order chi connectivity index (χ1) is 8.31. The van der Waals surface area contributed by atoms with Crippen molar-refractivity contribution in [2.45, 2.75) is 59.3 Å². The van der Waals surface area contributed by atoms with Crippen molar-refractivity contribution in [3.63, 3.8) is 0 Å². The van der Waals surface area contributed by atoms with Crippen molar-refractivity contribution in [2.24, 2.45) is 0 Å². The van der Waals surface area contributed by atoms with Gasteiger partial charge in [0.1, 0.15) is 0 Å². The van der Waals surface area contributed by atoms with Crippen molar-refractivity contribution in [1.29, 1.82) is 0 Å². The predicted octanol–water partition coefficient (Wildman–Crippen LogP) is 5.52. The van der Waals surface area contributed by atoms with Gasteiger partial charge in [-0.15, -0.1) is 0 Å². The highest BCUT2D eigenvalue weighted by molar-refractivity contribution is 7.44. The van der Waals surface area contributed by atoms with Crippen LogP contribution in [0, 0.1) is 0 Å². The highest BCUT2D eigenvalue weighted by atomic mass is 31.1. The Labute approximate surface area is 107 Å². The maximum Gasteiger partial charge on any atom is 0.0224 e. The largest absolute Gasteiger partial charge is 0.0651 e. The van der Waals surface area contributed by atoms with Crippen LogP contribution in [-0.2, 0) is 0 Å². The number of hydrogen-bond acceptors (Lipinski definition) is 0. The van der Waals surface area contributed by atoms with E-state index in [2.05, 4.69) is 32.6 Å². The van der Waals surface area contributed by atoms with Gasteiger partial charge >= 0.3 is 0 Å². The molecule has 91 valence electrons. The van der Waals surface area contributed by atoms with Crippen LogP contribution in [0.4, 0.5) is 0 Å². The van der Waals surface area contributed by atoms with Gasteiger partial charge in [0.15, 0.2) is 0 Å². The molecule has 1 radical (unpaired) electrons. The first-order valence-electron chi connectivity index (χ1n) is 6.96. The molecule has 1 heteroatoms. The van der Waals surface area contributed by atoms with Crippen molar-refractivity contribution >= 4 is 14.0 Å². The molecule has 0 saturated heterocycles. The molecule has 1 heterocycles. The predicted molar refractivity (Wildman–Crippen MR) is 78.8 cm³/mol. The third-order valence-corrected chi connectivity index (χ3v) is 4.45. The summed E-state index contributed by atoms with van der Waals surface area (Å²) in [6.07, 6.45) is 9.88. The summed E-state index contributed by atoms with van der Waals surface area (Å²) in [4.78, 5) is 0. The molecule has 0 aromatic rings. The number of hydrogen-bond donors (Lipinski definition) is 0. The van der Waals surface area contributed by atoms with E-state index in [9.17, 15) is 0 Å². The Balaban J connectivity index is 2.35. The van der Waals surface area contributed by atoms with Crippen LogP contribution < -0.4 is 0 Å². The molecular formula is C16H22P. The van der Waals surface area contributed by atoms with Crippen molar-refractivity contribution in [1.82, 2.24) is 0 Å². The van der Waals surface area contributed by atoms with Gasteiger partial charge < -0.3 is 0 Å². The molecule has 0 spiro atoms. The van der Waals surface area contributed by atoms with Crippen LogP contribution in [-0.4, -0.2) is 5.80 Å². The van der Waals surface area contributed by atoms with E-state index < -0.39 is 0 Å². The van der Waals surface area contributed by atoms with Crippen LogP contribution in [0.25, 0.3) is 0 Å². The second kappa shape index (κ2) is 5.83. The van der Waals surface area contributed by atoms with Gasteiger partial charge in [0.25, 0.3) is 0 Å². The van der Waals surface area contributed by atoms with Crippen LogP contribution in [0.15, 0.2) is 33.7 Å². The van der Waals surface area contributed by atoms with E-state index in [4.69, 9.17) is 0 Å². The van der Waals surface area contributed by atoms with Gasteiger partial charge in [-0.3, -0.25) is 0 Å². The Morgan fingerprint density at radius 1 is 1.00 bits per heavy atom. The molecule has 0 amide bonds. The van der Waals surface area contributed by atoms with E-state index in [1.807, 2.05) is 0 Å². The summed E-state index contributed by atoms with van der Waals surface area (Å²) >= 11 is 0. The van der Waals surface area contributed by atoms with E-state index in [1.54, 1.807) is 22.0 Å². The van der Waals surface area contributed by atoms with Crippen molar-refractivity contribution in [3.05, 3.63) is 33.7 Å². The molecule has 17 heavy (non-hydrogen) atoms. The smallest absolute Gasteiger partial charge is 0.0224 e. The van der Waals surface area contributed by atoms with Crippen LogP contribution in [0.5, 0.6) is 0 Å². The lowest BCUT2D eigenvalue weighted by Crippen LogP contribution is -1.92. The first-order valence-corrected chi connectivity index (χ1v) is 7.85. The quantitative estimate of drug-likeness (QED) is 0.541. The monoisotopic (exact) mass is 245 g/mol. The molecule has 1 aliphatic carbocycles. The van der Waals surface area contributed by atoms with Crippen LogP contribution >= 0.6 is 8.20 Å². The SMILES string of the molecule is CCCC1=C(CCC)C2=C(CCC)P=[C]C2=C1. The zero-order valence-corrected chi connectivity index (χ0v) is 12.2. The van der Waals surface area contributed by atoms with Gasteiger partial charge in [0, 0.05) is 5.80 Å². The van der Waals surface area contributed by atoms with E-state index >= 15 is 0 Å². The Morgan fingerprint density at radius 2 is 1.71 bits per heavy atom. The standard InChI is InChI=1S/C16H22P/c1-4-7-12-10-13-11-17-15(9-6-3)16(13)14(12)8-5-2/h10H,4-9H2,1-3H3. The summed E-state index contributed by atoms with van der Waals surface area (Å²) in [5, 5.41) is 1.62. The molecule has 0 aromatic carbocycles. The molecule has 0 nitrogen and oxygen atoms in total. The summed E-state index contributed by atoms with van der Waals surface area (Å²) in [7, 11) is 1.34. The molecule has 0 saturated carbocycles. The molecule has 1 aliphatic heterocycles. The molecule has 0 N–H and O–H groups in total. The highest BCUT2D eigenvalue weighted by Gasteiger charge is 2.25. The minimum atomic E-state index is 1.24. The van der Waals surface area contributed by atoms with Crippen LogP contribution in [0.3, 0.4) is 0 Å². The summed E-state index contributed by atoms with van der Waals surface area (Å²) < 4.78 is 0. The van der Waals surface area contributed by atoms with Gasteiger partial charge in [-0.05, 0) is 52.9 Å². The minimum absolute atomic E-state index is 1.24. The van der Waals surface area contributed by atoms with Crippen molar-refractivity contribution in [3.8, 4) is 0 Å². The third kappa shape index (κ3) is 2.47. The fourth-order valence-electron chi connectivity index (χ4n) is 2.70. The molecule has 2 aliphatic rings. The molecule has 0 fully saturated rings. The summed E-state index contributed by atoms with van der Waals surface area (Å²) in [6, 6.07) is 0. The third-order valence-electron chi connectivity index (χ3n) is 3.38. The Kier molecular flexibility index (Phi) is 4.40. The van der Waals surface area contributed by atoms with Gasteiger partial charge in [0.05, 0.1) is 0 Å². The van der Waals surface area contributed by atoms with Gasteiger partial charge in [-0.25, -0.2) is 0 Å². The van der Waals surface area contributed by atoms with Gasteiger partial charge in [-0.1, -0.05) is 48.2 Å². The molecule has 0 bridgehead atoms. The van der Waals surface area contributed by atoms with Crippen molar-refractivity contribution < 1.29 is 0 Å². The zero-order valence-electron chi connectivity index (χ0n) is 11.3. The molecule has 0 unspecified atom stereocenters. The molecule has 0 aromatic heterocycles. The van der Waals surface area contributed by atoms with E-state index in [0.717, 1.165) is 0 Å². The average Bonchev–Trinajstić information content (AvgIpc) is 2.83. The van der Waals surface area contributed by atoms with Gasteiger partial charge in [0.2, 0.25) is 0 Å². The van der Waals surface area contributed by atoms with Gasteiger partial charge in [-0.2, -0.15) is 0 Å². The molecule has 2 rings (SSSR count). The average molecular weight is 245 g/mol. The summed E-state index contributed by atoms with van der Waals surface area (Å²) in [5.41, 5.74) is 6.22. The lowest BCUT2D eigenvalue weighted by Gasteiger charge is -2.10. The maximum absolute atomic E-state index is 3.55. The lowest BCUT2D eigenvalue weighted by atomic mass is 9.96. The Hall–Kier alpha value is -0.610. The molecular weight excluding hydrogens is 223 g/mol. The maximum atomic E-state index is 3.55. The van der Waals surface area contributed by atoms with Crippen LogP contribution in [0.2, 0.25) is 0 Å². The Bertz CT molecular complexity index is 419. The fraction of sp³-hybridized carbons (Fsp3) is 0.562. The minimum Gasteiger partial charge on any atom is -0.0651 e. The highest BCUT2D eigenvalue weighted by Crippen LogP contribution is 2.45.